The Kier molecular flexibility index (Phi) is 7.39. The zero-order valence-corrected chi connectivity index (χ0v) is 30.6. The molecule has 2 nitrogen and oxygen atoms in total. The van der Waals surface area contributed by atoms with E-state index in [9.17, 15) is 0 Å². The Morgan fingerprint density at radius 1 is 0.382 bits per heavy atom. The SMILES string of the molecule is c1cc(-c2ccc(N(c3ccccc3-c3cccc4c3sc3ccccc34)c3cccc4oc5ccccc5c34)cc2)cc(-c2ccc3ccccc3c2)c1. The highest BCUT2D eigenvalue weighted by molar-refractivity contribution is 7.26. The summed E-state index contributed by atoms with van der Waals surface area (Å²) in [7, 11) is 0. The Morgan fingerprint density at radius 3 is 1.91 bits per heavy atom. The average molecular weight is 720 g/mol. The van der Waals surface area contributed by atoms with Crippen LogP contribution in [0.5, 0.6) is 0 Å². The Labute approximate surface area is 322 Å². The van der Waals surface area contributed by atoms with Gasteiger partial charge in [-0.25, -0.2) is 0 Å². The molecule has 0 bridgehead atoms. The molecule has 0 atom stereocenters. The normalized spacial score (nSPS) is 11.6. The molecule has 0 N–H and O–H groups in total. The maximum Gasteiger partial charge on any atom is 0.137 e. The Hall–Kier alpha value is -6.94. The van der Waals surface area contributed by atoms with E-state index in [4.69, 9.17) is 4.42 Å². The standard InChI is InChI=1S/C52H33NOS/c1-2-13-36-33-39(27-26-34(36)12-1)38-15-9-14-37(32-38)35-28-30-40(31-29-35)53(47-22-11-24-49-51(47)45-18-4-7-23-48(45)54-49)46-21-6-3-16-41(46)43-19-10-20-44-42-17-5-8-25-50(42)55-52(43)44/h1-33H. The quantitative estimate of drug-likeness (QED) is 0.170. The van der Waals surface area contributed by atoms with Crippen LogP contribution in [0, 0.1) is 0 Å². The van der Waals surface area contributed by atoms with Gasteiger partial charge >= 0.3 is 0 Å². The lowest BCUT2D eigenvalue weighted by Gasteiger charge is -2.29. The van der Waals surface area contributed by atoms with Gasteiger partial charge in [0.1, 0.15) is 11.2 Å². The first kappa shape index (κ1) is 31.6. The molecule has 3 heteroatoms. The van der Waals surface area contributed by atoms with Gasteiger partial charge in [-0.1, -0.05) is 146 Å². The number of hydrogen-bond acceptors (Lipinski definition) is 3. The molecule has 0 aliphatic rings. The van der Waals surface area contributed by atoms with E-state index in [1.807, 2.05) is 17.4 Å². The highest BCUT2D eigenvalue weighted by Gasteiger charge is 2.23. The summed E-state index contributed by atoms with van der Waals surface area (Å²) in [4.78, 5) is 2.42. The molecule has 0 spiro atoms. The summed E-state index contributed by atoms with van der Waals surface area (Å²) in [6.07, 6.45) is 0. The van der Waals surface area contributed by atoms with Gasteiger partial charge in [0.2, 0.25) is 0 Å². The maximum absolute atomic E-state index is 6.44. The smallest absolute Gasteiger partial charge is 0.137 e. The van der Waals surface area contributed by atoms with Crippen LogP contribution in [-0.2, 0) is 0 Å². The van der Waals surface area contributed by atoms with Crippen molar-refractivity contribution in [1.82, 2.24) is 0 Å². The van der Waals surface area contributed by atoms with E-state index < -0.39 is 0 Å². The molecule has 2 heterocycles. The van der Waals surface area contributed by atoms with Gasteiger partial charge in [-0.15, -0.1) is 11.3 Å². The zero-order valence-electron chi connectivity index (χ0n) is 29.8. The van der Waals surface area contributed by atoms with Gasteiger partial charge in [-0.2, -0.15) is 0 Å². The van der Waals surface area contributed by atoms with Crippen LogP contribution < -0.4 is 4.90 Å². The molecule has 11 rings (SSSR count). The van der Waals surface area contributed by atoms with Crippen molar-refractivity contribution in [2.45, 2.75) is 0 Å². The van der Waals surface area contributed by atoms with Gasteiger partial charge in [-0.3, -0.25) is 0 Å². The van der Waals surface area contributed by atoms with Crippen molar-refractivity contribution in [3.63, 3.8) is 0 Å². The predicted octanol–water partition coefficient (Wildman–Crippen LogP) is 15.6. The number of hydrogen-bond donors (Lipinski definition) is 0. The van der Waals surface area contributed by atoms with Crippen LogP contribution in [0.2, 0.25) is 0 Å². The molecule has 0 fully saturated rings. The van der Waals surface area contributed by atoms with E-state index in [1.54, 1.807) is 0 Å². The lowest BCUT2D eigenvalue weighted by molar-refractivity contribution is 0.669. The Morgan fingerprint density at radius 2 is 1.00 bits per heavy atom. The minimum absolute atomic E-state index is 0.870. The van der Waals surface area contributed by atoms with Gasteiger partial charge in [0.25, 0.3) is 0 Å². The molecule has 0 aliphatic carbocycles. The van der Waals surface area contributed by atoms with E-state index >= 15 is 0 Å². The molecule has 11 aromatic rings. The number of benzene rings is 9. The number of furan rings is 1. The predicted molar refractivity (Wildman–Crippen MR) is 235 cm³/mol. The third kappa shape index (κ3) is 5.32. The third-order valence-electron chi connectivity index (χ3n) is 10.9. The molecule has 0 saturated heterocycles. The second-order valence-electron chi connectivity index (χ2n) is 14.1. The average Bonchev–Trinajstić information content (AvgIpc) is 3.83. The van der Waals surface area contributed by atoms with Gasteiger partial charge in [0, 0.05) is 42.4 Å². The van der Waals surface area contributed by atoms with Crippen molar-refractivity contribution in [1.29, 1.82) is 0 Å². The fourth-order valence-corrected chi connectivity index (χ4v) is 9.49. The van der Waals surface area contributed by atoms with Crippen LogP contribution in [0.15, 0.2) is 205 Å². The van der Waals surface area contributed by atoms with Crippen molar-refractivity contribution < 1.29 is 4.42 Å². The minimum atomic E-state index is 0.870. The van der Waals surface area contributed by atoms with E-state index in [-0.39, 0.29) is 0 Å². The largest absolute Gasteiger partial charge is 0.456 e. The number of anilines is 3. The van der Waals surface area contributed by atoms with Crippen molar-refractivity contribution in [3.05, 3.63) is 200 Å². The molecule has 0 saturated carbocycles. The molecular weight excluding hydrogens is 687 g/mol. The first-order valence-electron chi connectivity index (χ1n) is 18.7. The Bertz CT molecular complexity index is 3220. The third-order valence-corrected chi connectivity index (χ3v) is 12.1. The number of fused-ring (bicyclic) bond motifs is 7. The number of para-hydroxylation sites is 2. The van der Waals surface area contributed by atoms with Gasteiger partial charge < -0.3 is 9.32 Å². The molecule has 55 heavy (non-hydrogen) atoms. The van der Waals surface area contributed by atoms with Crippen LogP contribution >= 0.6 is 11.3 Å². The summed E-state index contributed by atoms with van der Waals surface area (Å²) in [6.45, 7) is 0. The van der Waals surface area contributed by atoms with E-state index in [1.165, 1.54) is 64.3 Å². The van der Waals surface area contributed by atoms with Crippen LogP contribution in [0.3, 0.4) is 0 Å². The summed E-state index contributed by atoms with van der Waals surface area (Å²) in [5.74, 6) is 0. The highest BCUT2D eigenvalue weighted by atomic mass is 32.1. The number of rotatable bonds is 6. The van der Waals surface area contributed by atoms with Crippen LogP contribution in [0.25, 0.3) is 86.3 Å². The second kappa shape index (κ2) is 12.9. The molecule has 2 aromatic heterocycles. The summed E-state index contributed by atoms with van der Waals surface area (Å²) in [5, 5.41) is 7.29. The van der Waals surface area contributed by atoms with Crippen molar-refractivity contribution >= 4 is 81.3 Å². The van der Waals surface area contributed by atoms with E-state index in [0.29, 0.717) is 0 Å². The monoisotopic (exact) mass is 719 g/mol. The van der Waals surface area contributed by atoms with E-state index in [0.717, 1.165) is 39.0 Å². The first-order valence-corrected chi connectivity index (χ1v) is 19.5. The second-order valence-corrected chi connectivity index (χ2v) is 15.1. The van der Waals surface area contributed by atoms with Crippen LogP contribution in [0.4, 0.5) is 17.1 Å². The molecule has 0 aliphatic heterocycles. The van der Waals surface area contributed by atoms with Crippen molar-refractivity contribution in [2.24, 2.45) is 0 Å². The molecule has 0 radical (unpaired) electrons. The van der Waals surface area contributed by atoms with E-state index in [2.05, 4.69) is 199 Å². The fourth-order valence-electron chi connectivity index (χ4n) is 8.26. The molecule has 258 valence electrons. The highest BCUT2D eigenvalue weighted by Crippen LogP contribution is 2.48. The van der Waals surface area contributed by atoms with Gasteiger partial charge in [0.05, 0.1) is 16.8 Å². The van der Waals surface area contributed by atoms with Crippen molar-refractivity contribution in [2.75, 3.05) is 4.90 Å². The zero-order chi connectivity index (χ0) is 36.3. The van der Waals surface area contributed by atoms with Gasteiger partial charge in [-0.05, 0) is 87.6 Å². The maximum atomic E-state index is 6.44. The summed E-state index contributed by atoms with van der Waals surface area (Å²) >= 11 is 1.87. The topological polar surface area (TPSA) is 16.4 Å². The molecule has 0 amide bonds. The molecule has 0 unspecified atom stereocenters. The van der Waals surface area contributed by atoms with Crippen LogP contribution in [-0.4, -0.2) is 0 Å². The summed E-state index contributed by atoms with van der Waals surface area (Å²) in [5.41, 5.74) is 12.2. The minimum Gasteiger partial charge on any atom is -0.456 e. The Balaban J connectivity index is 1.08. The van der Waals surface area contributed by atoms with Crippen LogP contribution in [0.1, 0.15) is 0 Å². The number of nitrogens with zero attached hydrogens (tertiary/aromatic N) is 1. The lowest BCUT2D eigenvalue weighted by atomic mass is 9.96. The molecule has 9 aromatic carbocycles. The fraction of sp³-hybridized carbons (Fsp3) is 0. The van der Waals surface area contributed by atoms with Crippen molar-refractivity contribution in [3.8, 4) is 33.4 Å². The first-order chi connectivity index (χ1) is 27.3. The lowest BCUT2D eigenvalue weighted by Crippen LogP contribution is -2.11. The summed E-state index contributed by atoms with van der Waals surface area (Å²) in [6, 6.07) is 72.2. The van der Waals surface area contributed by atoms with Gasteiger partial charge in [0.15, 0.2) is 0 Å². The number of thiophene rings is 1. The summed E-state index contributed by atoms with van der Waals surface area (Å²) < 4.78 is 9.04. The molecular formula is C52H33NOS.